The van der Waals surface area contributed by atoms with E-state index in [9.17, 15) is 4.79 Å². The number of aromatic nitrogens is 6. The molecular weight excluding hydrogens is 394 g/mol. The summed E-state index contributed by atoms with van der Waals surface area (Å²) in [5.41, 5.74) is 2.93. The van der Waals surface area contributed by atoms with Gasteiger partial charge >= 0.3 is 5.97 Å². The first-order valence-corrected chi connectivity index (χ1v) is 10.6. The molecule has 4 aromatic rings. The maximum Gasteiger partial charge on any atom is 0.327 e. The third-order valence-corrected chi connectivity index (χ3v) is 6.03. The number of benzene rings is 1. The number of fused-ring (bicyclic) bond motifs is 2. The Kier molecular flexibility index (Phi) is 5.01. The maximum atomic E-state index is 11.7. The fourth-order valence-corrected chi connectivity index (χ4v) is 4.52. The number of carbonyl (C=O) groups excluding carboxylic acids is 1. The fourth-order valence-electron chi connectivity index (χ4n) is 4.52. The average molecular weight is 419 g/mol. The molecule has 1 saturated heterocycles. The second-order valence-electron chi connectivity index (χ2n) is 7.77. The predicted molar refractivity (Wildman–Crippen MR) is 117 cm³/mol. The normalized spacial score (nSPS) is 15.1. The van der Waals surface area contributed by atoms with Gasteiger partial charge in [-0.25, -0.2) is 19.6 Å². The van der Waals surface area contributed by atoms with Gasteiger partial charge in [0.1, 0.15) is 24.5 Å². The lowest BCUT2D eigenvalue weighted by molar-refractivity contribution is -0.141. The van der Waals surface area contributed by atoms with Crippen molar-refractivity contribution in [3.05, 3.63) is 42.6 Å². The first-order chi connectivity index (χ1) is 15.2. The highest BCUT2D eigenvalue weighted by molar-refractivity contribution is 5.87. The highest BCUT2D eigenvalue weighted by Gasteiger charge is 2.26. The van der Waals surface area contributed by atoms with Crippen LogP contribution in [0.15, 0.2) is 36.8 Å². The molecule has 0 bridgehead atoms. The van der Waals surface area contributed by atoms with Crippen LogP contribution in [-0.4, -0.2) is 55.5 Å². The summed E-state index contributed by atoms with van der Waals surface area (Å²) in [4.78, 5) is 27.7. The van der Waals surface area contributed by atoms with Crippen molar-refractivity contribution in [2.45, 2.75) is 38.8 Å². The fraction of sp³-hybridized carbons (Fsp3) is 0.409. The Hall–Kier alpha value is -3.49. The zero-order chi connectivity index (χ0) is 21.4. The third kappa shape index (κ3) is 3.39. The van der Waals surface area contributed by atoms with Crippen molar-refractivity contribution >= 4 is 33.9 Å². The standard InChI is InChI=1S/C22H25N7O2/c1-3-19-26-17-6-4-5-7-18(17)29(19)15-8-10-27(11-9-15)21-16-12-25-28(13-20(30)31-2)22(16)24-14-23-21/h4-7,12,14-15H,3,8-11,13H2,1-2H3. The third-order valence-electron chi connectivity index (χ3n) is 6.03. The predicted octanol–water partition coefficient (Wildman–Crippen LogP) is 2.75. The molecular formula is C22H25N7O2. The molecule has 0 N–H and O–H groups in total. The summed E-state index contributed by atoms with van der Waals surface area (Å²) in [6.07, 6.45) is 6.21. The number of aryl methyl sites for hydroxylation is 1. The molecule has 0 amide bonds. The number of carbonyl (C=O) groups is 1. The molecule has 4 heterocycles. The van der Waals surface area contributed by atoms with E-state index in [2.05, 4.69) is 49.7 Å². The van der Waals surface area contributed by atoms with Crippen LogP contribution in [-0.2, 0) is 22.5 Å². The lowest BCUT2D eigenvalue weighted by atomic mass is 10.0. The van der Waals surface area contributed by atoms with Gasteiger partial charge in [0, 0.05) is 25.6 Å². The maximum absolute atomic E-state index is 11.7. The summed E-state index contributed by atoms with van der Waals surface area (Å²) < 4.78 is 8.74. The lowest BCUT2D eigenvalue weighted by Crippen LogP contribution is -2.35. The van der Waals surface area contributed by atoms with E-state index in [1.165, 1.54) is 19.0 Å². The Balaban J connectivity index is 1.39. The number of para-hydroxylation sites is 2. The molecule has 0 saturated carbocycles. The number of nitrogens with zero attached hydrogens (tertiary/aromatic N) is 7. The van der Waals surface area contributed by atoms with Gasteiger partial charge in [0.15, 0.2) is 5.65 Å². The van der Waals surface area contributed by atoms with Gasteiger partial charge in [-0.1, -0.05) is 19.1 Å². The van der Waals surface area contributed by atoms with Crippen LogP contribution in [0.4, 0.5) is 5.82 Å². The largest absolute Gasteiger partial charge is 0.468 e. The van der Waals surface area contributed by atoms with Crippen LogP contribution in [0, 0.1) is 0 Å². The van der Waals surface area contributed by atoms with Crippen molar-refractivity contribution in [3.63, 3.8) is 0 Å². The minimum atomic E-state index is -0.356. The highest BCUT2D eigenvalue weighted by Crippen LogP contribution is 2.32. The molecule has 5 rings (SSSR count). The Morgan fingerprint density at radius 3 is 2.77 bits per heavy atom. The smallest absolute Gasteiger partial charge is 0.327 e. The summed E-state index contributed by atoms with van der Waals surface area (Å²) in [7, 11) is 1.37. The second kappa shape index (κ2) is 7.98. The van der Waals surface area contributed by atoms with Crippen molar-refractivity contribution in [1.82, 2.24) is 29.3 Å². The minimum Gasteiger partial charge on any atom is -0.468 e. The monoisotopic (exact) mass is 419 g/mol. The molecule has 1 aromatic carbocycles. The lowest BCUT2D eigenvalue weighted by Gasteiger charge is -2.34. The number of esters is 1. The van der Waals surface area contributed by atoms with Crippen molar-refractivity contribution in [1.29, 1.82) is 0 Å². The van der Waals surface area contributed by atoms with Gasteiger partial charge in [0.25, 0.3) is 0 Å². The topological polar surface area (TPSA) is 91.0 Å². The Labute approximate surface area is 179 Å². The van der Waals surface area contributed by atoms with E-state index in [0.717, 1.165) is 54.9 Å². The van der Waals surface area contributed by atoms with E-state index < -0.39 is 0 Å². The van der Waals surface area contributed by atoms with E-state index in [-0.39, 0.29) is 12.5 Å². The van der Waals surface area contributed by atoms with Gasteiger partial charge in [-0.05, 0) is 25.0 Å². The SMILES string of the molecule is CCc1nc2ccccc2n1C1CCN(c2ncnc3c2cnn3CC(=O)OC)CC1. The number of anilines is 1. The van der Waals surface area contributed by atoms with Crippen molar-refractivity contribution in [3.8, 4) is 0 Å². The van der Waals surface area contributed by atoms with Gasteiger partial charge in [-0.3, -0.25) is 4.79 Å². The van der Waals surface area contributed by atoms with E-state index in [1.54, 1.807) is 10.9 Å². The highest BCUT2D eigenvalue weighted by atomic mass is 16.5. The molecule has 0 radical (unpaired) electrons. The van der Waals surface area contributed by atoms with E-state index in [0.29, 0.717) is 11.7 Å². The van der Waals surface area contributed by atoms with Crippen LogP contribution in [0.1, 0.15) is 31.6 Å². The van der Waals surface area contributed by atoms with Gasteiger partial charge in [0.05, 0.1) is 29.7 Å². The number of hydrogen-bond donors (Lipinski definition) is 0. The minimum absolute atomic E-state index is 0.0338. The van der Waals surface area contributed by atoms with Crippen molar-refractivity contribution in [2.75, 3.05) is 25.1 Å². The molecule has 160 valence electrons. The summed E-state index contributed by atoms with van der Waals surface area (Å²) in [6.45, 7) is 3.96. The van der Waals surface area contributed by atoms with Gasteiger partial charge in [0.2, 0.25) is 0 Å². The molecule has 0 aliphatic carbocycles. The quantitative estimate of drug-likeness (QED) is 0.459. The second-order valence-corrected chi connectivity index (χ2v) is 7.77. The molecule has 0 spiro atoms. The molecule has 1 aliphatic heterocycles. The van der Waals surface area contributed by atoms with Gasteiger partial charge in [-0.15, -0.1) is 0 Å². The summed E-state index contributed by atoms with van der Waals surface area (Å²) in [5, 5.41) is 5.18. The zero-order valence-corrected chi connectivity index (χ0v) is 17.7. The van der Waals surface area contributed by atoms with Crippen LogP contribution in [0.5, 0.6) is 0 Å². The Morgan fingerprint density at radius 1 is 1.19 bits per heavy atom. The van der Waals surface area contributed by atoms with Crippen LogP contribution in [0.2, 0.25) is 0 Å². The number of piperidine rings is 1. The van der Waals surface area contributed by atoms with Gasteiger partial charge < -0.3 is 14.2 Å². The van der Waals surface area contributed by atoms with E-state index in [1.807, 2.05) is 6.07 Å². The first-order valence-electron chi connectivity index (χ1n) is 10.6. The zero-order valence-electron chi connectivity index (χ0n) is 17.7. The van der Waals surface area contributed by atoms with Crippen LogP contribution < -0.4 is 4.90 Å². The van der Waals surface area contributed by atoms with Crippen LogP contribution in [0.25, 0.3) is 22.1 Å². The summed E-state index contributed by atoms with van der Waals surface area (Å²) >= 11 is 0. The number of imidazole rings is 1. The van der Waals surface area contributed by atoms with Gasteiger partial charge in [-0.2, -0.15) is 5.10 Å². The molecule has 0 atom stereocenters. The molecule has 0 unspecified atom stereocenters. The number of hydrogen-bond acceptors (Lipinski definition) is 7. The molecule has 9 heteroatoms. The molecule has 1 aliphatic rings. The molecule has 3 aromatic heterocycles. The number of rotatable bonds is 5. The Morgan fingerprint density at radius 2 is 2.00 bits per heavy atom. The van der Waals surface area contributed by atoms with E-state index >= 15 is 0 Å². The molecule has 1 fully saturated rings. The van der Waals surface area contributed by atoms with E-state index in [4.69, 9.17) is 9.72 Å². The number of methoxy groups -OCH3 is 1. The summed E-state index contributed by atoms with van der Waals surface area (Å²) in [6, 6.07) is 8.79. The number of ether oxygens (including phenoxy) is 1. The van der Waals surface area contributed by atoms with Crippen LogP contribution in [0.3, 0.4) is 0 Å². The molecule has 31 heavy (non-hydrogen) atoms. The average Bonchev–Trinajstić information content (AvgIpc) is 3.40. The Bertz CT molecular complexity index is 1240. The van der Waals surface area contributed by atoms with Crippen LogP contribution >= 0.6 is 0 Å². The van der Waals surface area contributed by atoms with Crippen molar-refractivity contribution in [2.24, 2.45) is 0 Å². The van der Waals surface area contributed by atoms with Crippen molar-refractivity contribution < 1.29 is 9.53 Å². The molecule has 9 nitrogen and oxygen atoms in total. The first kappa shape index (κ1) is 19.5. The summed E-state index contributed by atoms with van der Waals surface area (Å²) in [5.74, 6) is 1.66.